The zero-order valence-electron chi connectivity index (χ0n) is 21.3. The number of nitrogens with two attached hydrogens (primary N) is 1. The maximum Gasteiger partial charge on any atom is 0.409 e. The first-order valence-corrected chi connectivity index (χ1v) is 12.1. The molecule has 0 fully saturated rings. The number of nitrogens with one attached hydrogen (secondary N) is 1. The topological polar surface area (TPSA) is 111 Å². The molecule has 0 spiro atoms. The van der Waals surface area contributed by atoms with Gasteiger partial charge in [0.2, 0.25) is 5.66 Å². The Labute approximate surface area is 219 Å². The number of hydrogen-bond acceptors (Lipinski definition) is 6. The third-order valence-electron chi connectivity index (χ3n) is 6.72. The Morgan fingerprint density at radius 1 is 0.895 bits per heavy atom. The van der Waals surface area contributed by atoms with Crippen molar-refractivity contribution in [3.05, 3.63) is 95.1 Å². The maximum atomic E-state index is 13.5. The molecule has 1 aliphatic carbocycles. The van der Waals surface area contributed by atoms with Crippen LogP contribution in [0, 0.1) is 0 Å². The summed E-state index contributed by atoms with van der Waals surface area (Å²) in [4.78, 5) is 25.6. The van der Waals surface area contributed by atoms with E-state index >= 15 is 0 Å². The molecule has 4 N–H and O–H groups in total. The molecule has 38 heavy (non-hydrogen) atoms. The molecule has 1 amide bonds. The number of amides is 1. The van der Waals surface area contributed by atoms with E-state index in [0.29, 0.717) is 5.56 Å². The van der Waals surface area contributed by atoms with E-state index in [1.807, 2.05) is 48.5 Å². The summed E-state index contributed by atoms with van der Waals surface area (Å²) in [6, 6.07) is 20.9. The number of aliphatic hydroxyl groups is 1. The lowest BCUT2D eigenvalue weighted by Crippen LogP contribution is -2.65. The Morgan fingerprint density at radius 2 is 1.39 bits per heavy atom. The van der Waals surface area contributed by atoms with Gasteiger partial charge in [0.15, 0.2) is 0 Å². The number of carbonyl (C=O) groups excluding carboxylic acids is 2. The summed E-state index contributed by atoms with van der Waals surface area (Å²) in [5, 5.41) is 12.1. The van der Waals surface area contributed by atoms with E-state index in [1.165, 1.54) is 38.1 Å². The number of esters is 1. The zero-order valence-corrected chi connectivity index (χ0v) is 21.3. The van der Waals surface area contributed by atoms with Crippen molar-refractivity contribution in [2.75, 3.05) is 13.2 Å². The maximum absolute atomic E-state index is 13.5. The SMILES string of the molecule is CC(F)(F)c1ccc(C(C)(C)OC(=O)[C@](N)(CO)NC(=O)OCC2c3ccccc3-c3ccccc32)cc1. The van der Waals surface area contributed by atoms with E-state index in [-0.39, 0.29) is 18.1 Å². The number of alkyl halides is 2. The molecule has 0 aromatic heterocycles. The summed E-state index contributed by atoms with van der Waals surface area (Å²) in [5.74, 6) is -4.35. The first-order valence-electron chi connectivity index (χ1n) is 12.1. The quantitative estimate of drug-likeness (QED) is 0.289. The standard InChI is InChI=1S/C29H30F2N2O5/c1-27(2,18-12-14-19(15-13-18)28(3,30)31)38-25(35)29(32,17-34)33-26(36)37-16-24-22-10-6-4-8-20(22)21-9-5-7-11-23(21)24/h4-15,24,34H,16-17,32H2,1-3H3,(H,33,36)/t29-/m0/s1. The molecule has 0 radical (unpaired) electrons. The van der Waals surface area contributed by atoms with E-state index in [0.717, 1.165) is 29.2 Å². The molecule has 9 heteroatoms. The fourth-order valence-corrected chi connectivity index (χ4v) is 4.52. The predicted molar refractivity (Wildman–Crippen MR) is 137 cm³/mol. The number of alkyl carbamates (subject to hydrolysis) is 1. The van der Waals surface area contributed by atoms with Crippen LogP contribution in [0.2, 0.25) is 0 Å². The van der Waals surface area contributed by atoms with Crippen molar-refractivity contribution in [1.29, 1.82) is 0 Å². The zero-order chi connectivity index (χ0) is 27.7. The Hall–Kier alpha value is -3.82. The van der Waals surface area contributed by atoms with Crippen LogP contribution in [0.5, 0.6) is 0 Å². The molecule has 0 unspecified atom stereocenters. The molecule has 200 valence electrons. The normalized spacial score (nSPS) is 14.7. The van der Waals surface area contributed by atoms with Crippen molar-refractivity contribution in [2.24, 2.45) is 5.73 Å². The Bertz CT molecular complexity index is 1290. The van der Waals surface area contributed by atoms with Gasteiger partial charge >= 0.3 is 12.1 Å². The minimum atomic E-state index is -3.02. The molecular formula is C29H30F2N2O5. The lowest BCUT2D eigenvalue weighted by molar-refractivity contribution is -0.167. The second-order valence-electron chi connectivity index (χ2n) is 9.95. The average Bonchev–Trinajstić information content (AvgIpc) is 3.20. The van der Waals surface area contributed by atoms with Crippen LogP contribution in [0.15, 0.2) is 72.8 Å². The molecule has 7 nitrogen and oxygen atoms in total. The van der Waals surface area contributed by atoms with Crippen molar-refractivity contribution < 1.29 is 33.0 Å². The van der Waals surface area contributed by atoms with Crippen LogP contribution in [0.3, 0.4) is 0 Å². The first kappa shape index (κ1) is 27.2. The summed E-state index contributed by atoms with van der Waals surface area (Å²) in [7, 11) is 0. The van der Waals surface area contributed by atoms with Crippen LogP contribution in [-0.2, 0) is 25.8 Å². The number of halogens is 2. The number of fused-ring (bicyclic) bond motifs is 3. The van der Waals surface area contributed by atoms with Crippen molar-refractivity contribution >= 4 is 12.1 Å². The minimum Gasteiger partial charge on any atom is -0.452 e. The lowest BCUT2D eigenvalue weighted by atomic mass is 9.95. The van der Waals surface area contributed by atoms with Crippen molar-refractivity contribution in [3.63, 3.8) is 0 Å². The average molecular weight is 525 g/mol. The van der Waals surface area contributed by atoms with Gasteiger partial charge < -0.3 is 14.6 Å². The van der Waals surface area contributed by atoms with Crippen molar-refractivity contribution in [3.8, 4) is 11.1 Å². The molecule has 3 aromatic rings. The highest BCUT2D eigenvalue weighted by Crippen LogP contribution is 2.44. The van der Waals surface area contributed by atoms with Gasteiger partial charge in [-0.25, -0.2) is 18.4 Å². The largest absolute Gasteiger partial charge is 0.452 e. The first-order chi connectivity index (χ1) is 17.9. The summed E-state index contributed by atoms with van der Waals surface area (Å²) >= 11 is 0. The smallest absolute Gasteiger partial charge is 0.409 e. The van der Waals surface area contributed by atoms with Crippen LogP contribution < -0.4 is 11.1 Å². The number of carbonyl (C=O) groups is 2. The van der Waals surface area contributed by atoms with Gasteiger partial charge in [-0.05, 0) is 41.7 Å². The summed E-state index contributed by atoms with van der Waals surface area (Å²) in [6.45, 7) is 2.87. The highest BCUT2D eigenvalue weighted by Gasteiger charge is 2.41. The van der Waals surface area contributed by atoms with E-state index < -0.39 is 35.9 Å². The van der Waals surface area contributed by atoms with Gasteiger partial charge in [0, 0.05) is 18.4 Å². The van der Waals surface area contributed by atoms with Crippen LogP contribution in [0.4, 0.5) is 13.6 Å². The second-order valence-corrected chi connectivity index (χ2v) is 9.95. The van der Waals surface area contributed by atoms with Gasteiger partial charge in [0.25, 0.3) is 5.92 Å². The van der Waals surface area contributed by atoms with Crippen molar-refractivity contribution in [2.45, 2.75) is 43.9 Å². The molecule has 0 heterocycles. The number of aliphatic hydroxyl groups excluding tert-OH is 1. The van der Waals surface area contributed by atoms with E-state index in [9.17, 15) is 23.5 Å². The fourth-order valence-electron chi connectivity index (χ4n) is 4.52. The van der Waals surface area contributed by atoms with Crippen LogP contribution in [0.1, 0.15) is 48.9 Å². The molecule has 0 saturated carbocycles. The van der Waals surface area contributed by atoms with Crippen LogP contribution >= 0.6 is 0 Å². The molecular weight excluding hydrogens is 494 g/mol. The number of benzene rings is 3. The third-order valence-corrected chi connectivity index (χ3v) is 6.72. The lowest BCUT2D eigenvalue weighted by Gasteiger charge is -2.32. The molecule has 4 rings (SSSR count). The summed E-state index contributed by atoms with van der Waals surface area (Å²) < 4.78 is 38.0. The van der Waals surface area contributed by atoms with Gasteiger partial charge in [0.05, 0.1) is 6.61 Å². The van der Waals surface area contributed by atoms with Crippen LogP contribution in [0.25, 0.3) is 11.1 Å². The summed E-state index contributed by atoms with van der Waals surface area (Å²) in [6.07, 6.45) is -1.01. The molecule has 0 aliphatic heterocycles. The predicted octanol–water partition coefficient (Wildman–Crippen LogP) is 4.76. The highest BCUT2D eigenvalue weighted by molar-refractivity contribution is 5.86. The van der Waals surface area contributed by atoms with Gasteiger partial charge in [-0.2, -0.15) is 0 Å². The number of ether oxygens (including phenoxy) is 2. The Balaban J connectivity index is 1.42. The van der Waals surface area contributed by atoms with Crippen molar-refractivity contribution in [1.82, 2.24) is 5.32 Å². The van der Waals surface area contributed by atoms with E-state index in [1.54, 1.807) is 0 Å². The van der Waals surface area contributed by atoms with E-state index in [4.69, 9.17) is 15.2 Å². The van der Waals surface area contributed by atoms with Crippen LogP contribution in [-0.4, -0.2) is 36.0 Å². The van der Waals surface area contributed by atoms with E-state index in [2.05, 4.69) is 5.32 Å². The van der Waals surface area contributed by atoms with Gasteiger partial charge in [-0.1, -0.05) is 72.8 Å². The van der Waals surface area contributed by atoms with Gasteiger partial charge in [-0.15, -0.1) is 0 Å². The fraction of sp³-hybridized carbons (Fsp3) is 0.310. The molecule has 1 aliphatic rings. The Morgan fingerprint density at radius 3 is 1.89 bits per heavy atom. The van der Waals surface area contributed by atoms with Gasteiger partial charge in [0.1, 0.15) is 12.2 Å². The third kappa shape index (κ3) is 5.39. The monoisotopic (exact) mass is 524 g/mol. The molecule has 1 atom stereocenters. The minimum absolute atomic E-state index is 0.0175. The molecule has 0 saturated heterocycles. The van der Waals surface area contributed by atoms with Gasteiger partial charge in [-0.3, -0.25) is 11.1 Å². The number of hydrogen-bond donors (Lipinski definition) is 3. The number of rotatable bonds is 8. The Kier molecular flexibility index (Phi) is 7.27. The second kappa shape index (κ2) is 10.2. The summed E-state index contributed by atoms with van der Waals surface area (Å²) in [5.41, 5.74) is 6.77. The highest BCUT2D eigenvalue weighted by atomic mass is 19.3. The molecule has 0 bridgehead atoms. The molecule has 3 aromatic carbocycles.